The Hall–Kier alpha value is -2.41. The summed E-state index contributed by atoms with van der Waals surface area (Å²) in [5.74, 6) is 0.378. The second kappa shape index (κ2) is 10.4. The van der Waals surface area contributed by atoms with Crippen LogP contribution < -0.4 is 20.1 Å². The van der Waals surface area contributed by atoms with Crippen molar-refractivity contribution < 1.29 is 23.8 Å². The number of nitrogens with one attached hydrogen (secondary N) is 2. The highest BCUT2D eigenvalue weighted by molar-refractivity contribution is 6.32. The van der Waals surface area contributed by atoms with Crippen LogP contribution in [0.1, 0.15) is 58.6 Å². The van der Waals surface area contributed by atoms with Gasteiger partial charge in [0.1, 0.15) is 0 Å². The van der Waals surface area contributed by atoms with Crippen LogP contribution in [0.25, 0.3) is 0 Å². The standard InChI is InChI=1S/C21H29ClN2O5/c1-6-8-9-15-17(20(25)27-5)18(24-21(26)23-15)13-10-14(22)19(29-12(3)4)16(11-13)28-7-2/h10-12,18H,6-9H2,1-5H3,(H2,23,24,26). The van der Waals surface area contributed by atoms with E-state index in [0.29, 0.717) is 46.4 Å². The summed E-state index contributed by atoms with van der Waals surface area (Å²) in [6.07, 6.45) is 2.22. The molecule has 1 atom stereocenters. The van der Waals surface area contributed by atoms with Gasteiger partial charge in [0.25, 0.3) is 0 Å². The van der Waals surface area contributed by atoms with E-state index in [1.54, 1.807) is 12.1 Å². The molecule has 2 rings (SSSR count). The number of hydrogen-bond donors (Lipinski definition) is 2. The smallest absolute Gasteiger partial charge is 0.337 e. The molecule has 0 bridgehead atoms. The lowest BCUT2D eigenvalue weighted by atomic mass is 9.93. The summed E-state index contributed by atoms with van der Waals surface area (Å²) in [4.78, 5) is 24.9. The fourth-order valence-corrected chi connectivity index (χ4v) is 3.40. The zero-order valence-corrected chi connectivity index (χ0v) is 18.3. The van der Waals surface area contributed by atoms with E-state index in [2.05, 4.69) is 10.6 Å². The van der Waals surface area contributed by atoms with Crippen molar-refractivity contribution >= 4 is 23.6 Å². The molecule has 1 aromatic carbocycles. The van der Waals surface area contributed by atoms with E-state index >= 15 is 0 Å². The number of rotatable bonds is 9. The summed E-state index contributed by atoms with van der Waals surface area (Å²) < 4.78 is 16.5. The molecule has 1 aromatic rings. The third kappa shape index (κ3) is 5.56. The van der Waals surface area contributed by atoms with Gasteiger partial charge in [0, 0.05) is 5.70 Å². The van der Waals surface area contributed by atoms with Gasteiger partial charge in [-0.1, -0.05) is 24.9 Å². The van der Waals surface area contributed by atoms with Crippen LogP contribution in [0, 0.1) is 0 Å². The van der Waals surface area contributed by atoms with Crippen molar-refractivity contribution in [2.24, 2.45) is 0 Å². The van der Waals surface area contributed by atoms with Gasteiger partial charge in [-0.2, -0.15) is 0 Å². The van der Waals surface area contributed by atoms with Gasteiger partial charge in [-0.05, 0) is 51.3 Å². The lowest BCUT2D eigenvalue weighted by Gasteiger charge is -2.30. The van der Waals surface area contributed by atoms with E-state index in [9.17, 15) is 9.59 Å². The lowest BCUT2D eigenvalue weighted by Crippen LogP contribution is -2.45. The average molecular weight is 425 g/mol. The van der Waals surface area contributed by atoms with Gasteiger partial charge >= 0.3 is 12.0 Å². The second-order valence-corrected chi connectivity index (χ2v) is 7.36. The number of carbonyl (C=O) groups is 2. The molecule has 29 heavy (non-hydrogen) atoms. The highest BCUT2D eigenvalue weighted by Gasteiger charge is 2.34. The maximum absolute atomic E-state index is 12.6. The fraction of sp³-hybridized carbons (Fsp3) is 0.524. The van der Waals surface area contributed by atoms with Crippen LogP contribution in [0.3, 0.4) is 0 Å². The van der Waals surface area contributed by atoms with Gasteiger partial charge < -0.3 is 24.8 Å². The number of allylic oxidation sites excluding steroid dienone is 1. The third-order valence-electron chi connectivity index (χ3n) is 4.36. The first-order chi connectivity index (χ1) is 13.8. The zero-order chi connectivity index (χ0) is 21.6. The molecular formula is C21H29ClN2O5. The molecule has 1 aliphatic heterocycles. The van der Waals surface area contributed by atoms with E-state index in [0.717, 1.165) is 12.8 Å². The maximum Gasteiger partial charge on any atom is 0.337 e. The van der Waals surface area contributed by atoms with Gasteiger partial charge in [0.05, 0.1) is 36.5 Å². The largest absolute Gasteiger partial charge is 0.490 e. The number of carbonyl (C=O) groups excluding carboxylic acids is 2. The number of unbranched alkanes of at least 4 members (excludes halogenated alkanes) is 1. The summed E-state index contributed by atoms with van der Waals surface area (Å²) in [6.45, 7) is 8.10. The zero-order valence-electron chi connectivity index (χ0n) is 17.6. The van der Waals surface area contributed by atoms with Crippen LogP contribution in [0.15, 0.2) is 23.4 Å². The van der Waals surface area contributed by atoms with Gasteiger partial charge in [0.15, 0.2) is 11.5 Å². The van der Waals surface area contributed by atoms with E-state index in [1.165, 1.54) is 7.11 Å². The molecule has 0 spiro atoms. The Balaban J connectivity index is 2.59. The van der Waals surface area contributed by atoms with Gasteiger partial charge in [-0.25, -0.2) is 9.59 Å². The first-order valence-corrected chi connectivity index (χ1v) is 10.2. The van der Waals surface area contributed by atoms with Gasteiger partial charge in [-0.15, -0.1) is 0 Å². The van der Waals surface area contributed by atoms with Gasteiger partial charge in [-0.3, -0.25) is 0 Å². The summed E-state index contributed by atoms with van der Waals surface area (Å²) in [5, 5.41) is 5.88. The Morgan fingerprint density at radius 2 is 2.00 bits per heavy atom. The highest BCUT2D eigenvalue weighted by atomic mass is 35.5. The molecule has 0 aromatic heterocycles. The Morgan fingerprint density at radius 3 is 2.59 bits per heavy atom. The van der Waals surface area contributed by atoms with E-state index < -0.39 is 12.0 Å². The number of benzene rings is 1. The number of esters is 1. The van der Waals surface area contributed by atoms with Gasteiger partial charge in [0.2, 0.25) is 0 Å². The Kier molecular flexibility index (Phi) is 8.20. The number of halogens is 1. The molecule has 0 radical (unpaired) electrons. The molecule has 0 saturated carbocycles. The predicted octanol–water partition coefficient (Wildman–Crippen LogP) is 4.50. The monoisotopic (exact) mass is 424 g/mol. The minimum atomic E-state index is -0.715. The van der Waals surface area contributed by atoms with Crippen LogP contribution >= 0.6 is 11.6 Å². The fourth-order valence-electron chi connectivity index (χ4n) is 3.14. The molecule has 160 valence electrons. The van der Waals surface area contributed by atoms with Crippen molar-refractivity contribution in [1.29, 1.82) is 0 Å². The minimum absolute atomic E-state index is 0.0951. The highest BCUT2D eigenvalue weighted by Crippen LogP contribution is 2.41. The number of hydrogen-bond acceptors (Lipinski definition) is 5. The van der Waals surface area contributed by atoms with Crippen LogP contribution in [0.5, 0.6) is 11.5 Å². The Labute approximate surface area is 176 Å². The van der Waals surface area contributed by atoms with Crippen molar-refractivity contribution in [3.05, 3.63) is 34.0 Å². The minimum Gasteiger partial charge on any atom is -0.490 e. The molecule has 1 aliphatic rings. The van der Waals surface area contributed by atoms with Crippen molar-refractivity contribution in [3.8, 4) is 11.5 Å². The molecule has 0 saturated heterocycles. The molecule has 8 heteroatoms. The van der Waals surface area contributed by atoms with Crippen LogP contribution in [-0.2, 0) is 9.53 Å². The quantitative estimate of drug-likeness (QED) is 0.570. The van der Waals surface area contributed by atoms with Crippen molar-refractivity contribution in [3.63, 3.8) is 0 Å². The third-order valence-corrected chi connectivity index (χ3v) is 4.64. The summed E-state index contributed by atoms with van der Waals surface area (Å²) in [6, 6.07) is 2.32. The van der Waals surface area contributed by atoms with E-state index in [1.807, 2.05) is 27.7 Å². The summed E-state index contributed by atoms with van der Waals surface area (Å²) >= 11 is 6.49. The molecule has 7 nitrogen and oxygen atoms in total. The molecule has 0 fully saturated rings. The normalized spacial score (nSPS) is 16.4. The lowest BCUT2D eigenvalue weighted by molar-refractivity contribution is -0.136. The summed E-state index contributed by atoms with van der Waals surface area (Å²) in [5.41, 5.74) is 1.53. The molecular weight excluding hydrogens is 396 g/mol. The van der Waals surface area contributed by atoms with Crippen LogP contribution in [0.4, 0.5) is 4.79 Å². The summed E-state index contributed by atoms with van der Waals surface area (Å²) in [7, 11) is 1.32. The topological polar surface area (TPSA) is 85.9 Å². The number of ether oxygens (including phenoxy) is 3. The van der Waals surface area contributed by atoms with Crippen molar-refractivity contribution in [2.45, 2.75) is 59.1 Å². The number of urea groups is 1. The molecule has 0 aliphatic carbocycles. The predicted molar refractivity (Wildman–Crippen MR) is 111 cm³/mol. The second-order valence-electron chi connectivity index (χ2n) is 6.95. The van der Waals surface area contributed by atoms with Crippen LogP contribution in [-0.4, -0.2) is 31.8 Å². The molecule has 1 heterocycles. The first kappa shape index (κ1) is 22.9. The van der Waals surface area contributed by atoms with Crippen LogP contribution in [0.2, 0.25) is 5.02 Å². The molecule has 1 unspecified atom stereocenters. The van der Waals surface area contributed by atoms with E-state index in [4.69, 9.17) is 25.8 Å². The Morgan fingerprint density at radius 1 is 1.28 bits per heavy atom. The van der Waals surface area contributed by atoms with Crippen molar-refractivity contribution in [2.75, 3.05) is 13.7 Å². The maximum atomic E-state index is 12.6. The average Bonchev–Trinajstić information content (AvgIpc) is 2.67. The molecule has 2 N–H and O–H groups in total. The molecule has 2 amide bonds. The Bertz CT molecular complexity index is 792. The number of methoxy groups -OCH3 is 1. The van der Waals surface area contributed by atoms with E-state index in [-0.39, 0.29) is 12.1 Å². The SMILES string of the molecule is CCCCC1=C(C(=O)OC)C(c2cc(Cl)c(OC(C)C)c(OCC)c2)NC(=O)N1. The van der Waals surface area contributed by atoms with Crippen molar-refractivity contribution in [1.82, 2.24) is 10.6 Å². The number of amides is 2. The first-order valence-electron chi connectivity index (χ1n) is 9.84.